The molecule has 0 atom stereocenters. The molecule has 0 saturated heterocycles. The number of imide groups is 1. The van der Waals surface area contributed by atoms with Crippen LogP contribution in [0.4, 0.5) is 5.69 Å². The predicted octanol–water partition coefficient (Wildman–Crippen LogP) is 5.50. The highest BCUT2D eigenvalue weighted by molar-refractivity contribution is 7.90. The number of sulfonamides is 1. The summed E-state index contributed by atoms with van der Waals surface area (Å²) in [5.74, 6) is -1.98. The Morgan fingerprint density at radius 1 is 0.730 bits per heavy atom. The van der Waals surface area contributed by atoms with Crippen LogP contribution >= 0.6 is 0 Å². The second-order valence-electron chi connectivity index (χ2n) is 7.76. The van der Waals surface area contributed by atoms with Crippen LogP contribution in [0.2, 0.25) is 0 Å². The zero-order valence-corrected chi connectivity index (χ0v) is 21.5. The lowest BCUT2D eigenvalue weighted by molar-refractivity contribution is -0.132. The lowest BCUT2D eigenvalue weighted by Crippen LogP contribution is -2.39. The van der Waals surface area contributed by atoms with Crippen molar-refractivity contribution in [2.45, 2.75) is 18.7 Å². The van der Waals surface area contributed by atoms with Crippen LogP contribution < -0.4 is 0 Å². The van der Waals surface area contributed by atoms with Crippen molar-refractivity contribution < 1.29 is 18.0 Å². The van der Waals surface area contributed by atoms with Crippen LogP contribution in [0, 0.1) is 0 Å². The van der Waals surface area contributed by atoms with Gasteiger partial charge in [0.05, 0.1) is 10.6 Å². The van der Waals surface area contributed by atoms with E-state index in [4.69, 9.17) is 0 Å². The Labute approximate surface area is 217 Å². The molecule has 3 aromatic rings. The third kappa shape index (κ3) is 7.55. The molecule has 0 aliphatic carbocycles. The minimum absolute atomic E-state index is 0.225. The summed E-state index contributed by atoms with van der Waals surface area (Å²) in [6.45, 7) is 5.25. The average Bonchev–Trinajstić information content (AvgIpc) is 2.92. The minimum atomic E-state index is -4.52. The number of rotatable bonds is 10. The maximum absolute atomic E-state index is 13.5. The Bertz CT molecular complexity index is 1320. The first kappa shape index (κ1) is 27.2. The quantitative estimate of drug-likeness (QED) is 0.201. The lowest BCUT2D eigenvalue weighted by Gasteiger charge is -2.18. The zero-order valence-electron chi connectivity index (χ0n) is 20.6. The maximum Gasteiger partial charge on any atom is 0.273 e. The first-order valence-corrected chi connectivity index (χ1v) is 13.1. The summed E-state index contributed by atoms with van der Waals surface area (Å²) >= 11 is 0. The number of hydrogen-bond acceptors (Lipinski definition) is 6. The van der Waals surface area contributed by atoms with Gasteiger partial charge in [-0.05, 0) is 61.4 Å². The summed E-state index contributed by atoms with van der Waals surface area (Å²) in [6, 6.07) is 23.3. The van der Waals surface area contributed by atoms with E-state index < -0.39 is 21.8 Å². The fraction of sp³-hybridized carbons (Fsp3) is 0.143. The molecule has 0 spiro atoms. The van der Waals surface area contributed by atoms with Gasteiger partial charge in [-0.15, -0.1) is 5.11 Å². The topological polar surface area (TPSA) is 99.5 Å². The number of amides is 2. The van der Waals surface area contributed by atoms with Gasteiger partial charge >= 0.3 is 0 Å². The first-order chi connectivity index (χ1) is 17.8. The van der Waals surface area contributed by atoms with Crippen molar-refractivity contribution in [2.75, 3.05) is 13.1 Å². The van der Waals surface area contributed by atoms with E-state index in [1.54, 1.807) is 53.5 Å². The Morgan fingerprint density at radius 2 is 1.19 bits per heavy atom. The van der Waals surface area contributed by atoms with Crippen molar-refractivity contribution in [3.05, 3.63) is 108 Å². The summed E-state index contributed by atoms with van der Waals surface area (Å²) < 4.78 is 27.2. The molecule has 0 saturated carbocycles. The summed E-state index contributed by atoms with van der Waals surface area (Å²) in [7, 11) is -4.52. The maximum atomic E-state index is 13.5. The summed E-state index contributed by atoms with van der Waals surface area (Å²) in [5.41, 5.74) is 1.80. The van der Waals surface area contributed by atoms with E-state index in [0.29, 0.717) is 29.9 Å². The molecule has 0 heterocycles. The van der Waals surface area contributed by atoms with Crippen molar-refractivity contribution >= 4 is 39.7 Å². The molecule has 0 fully saturated rings. The van der Waals surface area contributed by atoms with Crippen LogP contribution in [0.1, 0.15) is 25.0 Å². The molecule has 8 nitrogen and oxygen atoms in total. The number of nitrogens with zero attached hydrogens (tertiary/aromatic N) is 4. The fourth-order valence-electron chi connectivity index (χ4n) is 3.20. The number of carbonyl (C=O) groups excluding carboxylic acids is 2. The third-order valence-corrected chi connectivity index (χ3v) is 6.94. The highest BCUT2D eigenvalue weighted by atomic mass is 32.2. The highest BCUT2D eigenvalue weighted by Crippen LogP contribution is 2.22. The third-order valence-electron chi connectivity index (χ3n) is 5.23. The van der Waals surface area contributed by atoms with Gasteiger partial charge in [0, 0.05) is 25.2 Å². The van der Waals surface area contributed by atoms with E-state index in [-0.39, 0.29) is 9.20 Å². The van der Waals surface area contributed by atoms with E-state index >= 15 is 0 Å². The molecule has 3 rings (SSSR count). The van der Waals surface area contributed by atoms with Crippen LogP contribution in [-0.2, 0) is 19.6 Å². The first-order valence-electron chi connectivity index (χ1n) is 11.7. The Morgan fingerprint density at radius 3 is 1.62 bits per heavy atom. The van der Waals surface area contributed by atoms with Gasteiger partial charge in [-0.3, -0.25) is 14.6 Å². The zero-order chi connectivity index (χ0) is 26.7. The number of hydrogen-bond donors (Lipinski definition) is 0. The Hall–Kier alpha value is -4.37. The van der Waals surface area contributed by atoms with Gasteiger partial charge in [-0.1, -0.05) is 65.9 Å². The van der Waals surface area contributed by atoms with Crippen molar-refractivity contribution in [3.8, 4) is 0 Å². The van der Waals surface area contributed by atoms with Gasteiger partial charge in [0.2, 0.25) is 0 Å². The molecule has 37 heavy (non-hydrogen) atoms. The van der Waals surface area contributed by atoms with E-state index in [1.807, 2.05) is 26.0 Å². The van der Waals surface area contributed by atoms with Crippen LogP contribution in [0.5, 0.6) is 0 Å². The van der Waals surface area contributed by atoms with Crippen molar-refractivity contribution in [2.24, 2.45) is 10.3 Å². The molecular weight excluding hydrogens is 488 g/mol. The van der Waals surface area contributed by atoms with E-state index in [9.17, 15) is 18.0 Å². The fourth-order valence-corrected chi connectivity index (χ4v) is 4.49. The summed E-state index contributed by atoms with van der Waals surface area (Å²) in [4.78, 5) is 25.9. The second-order valence-corrected chi connectivity index (χ2v) is 9.54. The highest BCUT2D eigenvalue weighted by Gasteiger charge is 2.33. The number of benzene rings is 3. The molecule has 0 N–H and O–H groups in total. The summed E-state index contributed by atoms with van der Waals surface area (Å²) in [6.07, 6.45) is 5.03. The minimum Gasteiger partial charge on any atom is -0.279 e. The largest absolute Gasteiger partial charge is 0.279 e. The molecule has 2 amide bonds. The molecule has 0 aliphatic heterocycles. The van der Waals surface area contributed by atoms with E-state index in [2.05, 4.69) is 10.3 Å². The van der Waals surface area contributed by atoms with Crippen molar-refractivity contribution in [1.82, 2.24) is 9.31 Å². The van der Waals surface area contributed by atoms with Gasteiger partial charge < -0.3 is 0 Å². The van der Waals surface area contributed by atoms with Gasteiger partial charge in [0.25, 0.3) is 21.8 Å². The van der Waals surface area contributed by atoms with Gasteiger partial charge in [0.1, 0.15) is 0 Å². The Balaban J connectivity index is 1.93. The van der Waals surface area contributed by atoms with Crippen molar-refractivity contribution in [1.29, 1.82) is 0 Å². The molecule has 9 heteroatoms. The molecule has 0 aliphatic rings. The van der Waals surface area contributed by atoms with Gasteiger partial charge in [0.15, 0.2) is 0 Å². The lowest BCUT2D eigenvalue weighted by atomic mass is 10.2. The molecule has 3 aromatic carbocycles. The average molecular weight is 517 g/mol. The monoisotopic (exact) mass is 516 g/mol. The number of carbonyl (C=O) groups is 2. The van der Waals surface area contributed by atoms with Crippen LogP contribution in [0.25, 0.3) is 12.2 Å². The predicted molar refractivity (Wildman–Crippen MR) is 144 cm³/mol. The SMILES string of the molecule is CCN(CC)N=Nc1ccc(S(=O)(=O)N(C(=O)C=Cc2ccccc2)C(=O)C=Cc2ccccc2)cc1. The molecule has 190 valence electrons. The van der Waals surface area contributed by atoms with Crippen LogP contribution in [-0.4, -0.2) is 42.6 Å². The molecule has 0 bridgehead atoms. The summed E-state index contributed by atoms with van der Waals surface area (Å²) in [5, 5.41) is 9.93. The second kappa shape index (κ2) is 13.1. The smallest absolute Gasteiger partial charge is 0.273 e. The van der Waals surface area contributed by atoms with E-state index in [0.717, 1.165) is 12.2 Å². The normalized spacial score (nSPS) is 11.8. The molecule has 0 aromatic heterocycles. The Kier molecular flexibility index (Phi) is 9.62. The molecule has 0 radical (unpaired) electrons. The van der Waals surface area contributed by atoms with Gasteiger partial charge in [-0.25, -0.2) is 8.42 Å². The van der Waals surface area contributed by atoms with Crippen LogP contribution in [0.3, 0.4) is 0 Å². The molecule has 0 unspecified atom stereocenters. The van der Waals surface area contributed by atoms with E-state index in [1.165, 1.54) is 36.4 Å². The molecular formula is C28H28N4O4S. The van der Waals surface area contributed by atoms with Crippen molar-refractivity contribution in [3.63, 3.8) is 0 Å². The standard InChI is InChI=1S/C28H28N4O4S/c1-3-31(4-2)30-29-25-17-19-26(20-18-25)37(35,36)32(27(33)21-15-23-11-7-5-8-12-23)28(34)22-16-24-13-9-6-10-14-24/h5-22H,3-4H2,1-2H3. The van der Waals surface area contributed by atoms with Gasteiger partial charge in [-0.2, -0.15) is 4.31 Å². The van der Waals surface area contributed by atoms with Crippen LogP contribution in [0.15, 0.2) is 112 Å².